The van der Waals surface area contributed by atoms with Gasteiger partial charge in [-0.1, -0.05) is 37.3 Å². The van der Waals surface area contributed by atoms with Crippen LogP contribution in [0.5, 0.6) is 0 Å². The fourth-order valence-electron chi connectivity index (χ4n) is 4.32. The Morgan fingerprint density at radius 2 is 1.82 bits per heavy atom. The van der Waals surface area contributed by atoms with Crippen molar-refractivity contribution in [2.24, 2.45) is 5.92 Å². The molecule has 1 fully saturated rings. The number of hydrogen-bond acceptors (Lipinski definition) is 5. The monoisotopic (exact) mass is 380 g/mol. The van der Waals surface area contributed by atoms with E-state index in [1.165, 1.54) is 0 Å². The molecule has 2 heterocycles. The second-order valence-corrected chi connectivity index (χ2v) is 7.86. The lowest BCUT2D eigenvalue weighted by molar-refractivity contribution is -0.144. The number of rotatable bonds is 4. The highest BCUT2D eigenvalue weighted by Crippen LogP contribution is 2.41. The van der Waals surface area contributed by atoms with Gasteiger partial charge in [0.1, 0.15) is 11.9 Å². The molecule has 0 radical (unpaired) electrons. The molecule has 1 N–H and O–H groups in total. The quantitative estimate of drug-likeness (QED) is 0.814. The number of carbonyl (C=O) groups is 1. The third-order valence-corrected chi connectivity index (χ3v) is 6.01. The van der Waals surface area contributed by atoms with Crippen molar-refractivity contribution >= 4 is 11.5 Å². The van der Waals surface area contributed by atoms with Crippen molar-refractivity contribution in [2.45, 2.75) is 19.4 Å². The van der Waals surface area contributed by atoms with Crippen LogP contribution in [0.15, 0.2) is 59.4 Å². The van der Waals surface area contributed by atoms with Gasteiger partial charge in [0.15, 0.2) is 0 Å². The summed E-state index contributed by atoms with van der Waals surface area (Å²) in [4.78, 5) is 17.1. The van der Waals surface area contributed by atoms with Crippen molar-refractivity contribution in [3.63, 3.8) is 0 Å². The molecule has 2 atom stereocenters. The lowest BCUT2D eigenvalue weighted by atomic mass is 9.78. The van der Waals surface area contributed by atoms with Gasteiger partial charge in [-0.2, -0.15) is 0 Å². The van der Waals surface area contributed by atoms with Gasteiger partial charge in [0, 0.05) is 44.4 Å². The third kappa shape index (κ3) is 3.64. The average molecular weight is 380 g/mol. The Kier molecular flexibility index (Phi) is 5.38. The van der Waals surface area contributed by atoms with E-state index in [1.54, 1.807) is 6.08 Å². The van der Waals surface area contributed by atoms with Crippen LogP contribution in [0.1, 0.15) is 18.9 Å². The molecule has 0 bridgehead atoms. The molecular formula is C23H28N2O3. The molecule has 5 nitrogen and oxygen atoms in total. The summed E-state index contributed by atoms with van der Waals surface area (Å²) < 4.78 is 5.77. The van der Waals surface area contributed by atoms with E-state index in [1.807, 2.05) is 36.4 Å². The number of aliphatic hydroxyl groups is 1. The summed E-state index contributed by atoms with van der Waals surface area (Å²) in [6.07, 6.45) is 3.91. The lowest BCUT2D eigenvalue weighted by Gasteiger charge is -2.40. The van der Waals surface area contributed by atoms with Crippen LogP contribution in [0, 0.1) is 5.92 Å². The topological polar surface area (TPSA) is 53.0 Å². The van der Waals surface area contributed by atoms with E-state index in [0.29, 0.717) is 12.3 Å². The molecule has 28 heavy (non-hydrogen) atoms. The highest BCUT2D eigenvalue weighted by molar-refractivity contribution is 5.99. The van der Waals surface area contributed by atoms with Gasteiger partial charge in [0.2, 0.25) is 0 Å². The van der Waals surface area contributed by atoms with E-state index >= 15 is 0 Å². The maximum absolute atomic E-state index is 12.4. The zero-order valence-corrected chi connectivity index (χ0v) is 16.6. The van der Waals surface area contributed by atoms with E-state index in [9.17, 15) is 9.90 Å². The van der Waals surface area contributed by atoms with Gasteiger partial charge in [-0.3, -0.25) is 4.90 Å². The SMILES string of the molecule is CCC1=C(O)C(CN2CCN(C)CC2)C2OC(=O)C=C(c3ccccc3)C2=C1. The van der Waals surface area contributed by atoms with Gasteiger partial charge in [0.05, 0.1) is 5.92 Å². The van der Waals surface area contributed by atoms with Crippen molar-refractivity contribution in [2.75, 3.05) is 39.8 Å². The summed E-state index contributed by atoms with van der Waals surface area (Å²) in [5.74, 6) is -0.191. The summed E-state index contributed by atoms with van der Waals surface area (Å²) >= 11 is 0. The van der Waals surface area contributed by atoms with Gasteiger partial charge in [-0.05, 0) is 36.3 Å². The fourth-order valence-corrected chi connectivity index (χ4v) is 4.32. The number of fused-ring (bicyclic) bond motifs is 1. The molecule has 1 aliphatic carbocycles. The maximum atomic E-state index is 12.4. The Morgan fingerprint density at radius 3 is 2.50 bits per heavy atom. The minimum absolute atomic E-state index is 0.227. The third-order valence-electron chi connectivity index (χ3n) is 6.01. The van der Waals surface area contributed by atoms with Crippen LogP contribution in [0.25, 0.3) is 5.57 Å². The molecule has 4 rings (SSSR count). The van der Waals surface area contributed by atoms with Crippen LogP contribution in [-0.4, -0.2) is 66.8 Å². The Labute approximate surface area is 166 Å². The molecule has 1 saturated heterocycles. The van der Waals surface area contributed by atoms with E-state index in [2.05, 4.69) is 23.8 Å². The number of nitrogens with zero attached hydrogens (tertiary/aromatic N) is 2. The number of likely N-dealkylation sites (N-methyl/N-ethyl adjacent to an activating group) is 1. The Morgan fingerprint density at radius 1 is 1.11 bits per heavy atom. The first kappa shape index (κ1) is 19.0. The normalized spacial score (nSPS) is 26.4. The smallest absolute Gasteiger partial charge is 0.332 e. The highest BCUT2D eigenvalue weighted by Gasteiger charge is 2.41. The largest absolute Gasteiger partial charge is 0.512 e. The Balaban J connectivity index is 1.68. The van der Waals surface area contributed by atoms with Gasteiger partial charge < -0.3 is 14.7 Å². The van der Waals surface area contributed by atoms with Gasteiger partial charge >= 0.3 is 5.97 Å². The number of aliphatic hydroxyl groups excluding tert-OH is 1. The molecule has 2 aliphatic heterocycles. The molecule has 5 heteroatoms. The first-order valence-electron chi connectivity index (χ1n) is 10.1. The van der Waals surface area contributed by atoms with E-state index < -0.39 is 6.10 Å². The first-order chi connectivity index (χ1) is 13.6. The number of esters is 1. The fraction of sp³-hybridized carbons (Fsp3) is 0.435. The van der Waals surface area contributed by atoms with Gasteiger partial charge in [-0.25, -0.2) is 4.79 Å². The number of benzene rings is 1. The second-order valence-electron chi connectivity index (χ2n) is 7.86. The van der Waals surface area contributed by atoms with Crippen LogP contribution in [0.4, 0.5) is 0 Å². The molecule has 1 aromatic rings. The molecule has 0 saturated carbocycles. The van der Waals surface area contributed by atoms with Crippen LogP contribution in [0.2, 0.25) is 0 Å². The lowest BCUT2D eigenvalue weighted by Crippen LogP contribution is -2.49. The Bertz CT molecular complexity index is 833. The number of carbonyl (C=O) groups excluding carboxylic acids is 1. The zero-order valence-electron chi connectivity index (χ0n) is 16.6. The van der Waals surface area contributed by atoms with E-state index in [0.717, 1.165) is 54.9 Å². The molecule has 148 valence electrons. The molecule has 1 aromatic carbocycles. The molecule has 0 aromatic heterocycles. The second kappa shape index (κ2) is 7.94. The Hall–Kier alpha value is -2.37. The van der Waals surface area contributed by atoms with Crippen molar-refractivity contribution in [3.05, 3.63) is 65.0 Å². The number of hydrogen-bond donors (Lipinski definition) is 1. The van der Waals surface area contributed by atoms with Crippen LogP contribution < -0.4 is 0 Å². The number of ether oxygens (including phenoxy) is 1. The average Bonchev–Trinajstić information content (AvgIpc) is 2.71. The van der Waals surface area contributed by atoms with Crippen LogP contribution in [-0.2, 0) is 9.53 Å². The van der Waals surface area contributed by atoms with Gasteiger partial charge in [0.25, 0.3) is 0 Å². The van der Waals surface area contributed by atoms with Gasteiger partial charge in [-0.15, -0.1) is 0 Å². The maximum Gasteiger partial charge on any atom is 0.332 e. The van der Waals surface area contributed by atoms with E-state index in [-0.39, 0.29) is 11.9 Å². The molecule has 0 amide bonds. The predicted molar refractivity (Wildman–Crippen MR) is 110 cm³/mol. The highest BCUT2D eigenvalue weighted by atomic mass is 16.5. The predicted octanol–water partition coefficient (Wildman–Crippen LogP) is 3.02. The first-order valence-corrected chi connectivity index (χ1v) is 10.1. The van der Waals surface area contributed by atoms with Crippen molar-refractivity contribution < 1.29 is 14.6 Å². The van der Waals surface area contributed by atoms with E-state index in [4.69, 9.17) is 4.74 Å². The van der Waals surface area contributed by atoms with Crippen LogP contribution in [0.3, 0.4) is 0 Å². The summed E-state index contributed by atoms with van der Waals surface area (Å²) in [6, 6.07) is 9.95. The van der Waals surface area contributed by atoms with Crippen LogP contribution >= 0.6 is 0 Å². The zero-order chi connectivity index (χ0) is 19.7. The van der Waals surface area contributed by atoms with Crippen molar-refractivity contribution in [1.82, 2.24) is 9.80 Å². The minimum atomic E-state index is -0.442. The molecule has 0 spiro atoms. The summed E-state index contributed by atoms with van der Waals surface area (Å²) in [6.45, 7) is 6.70. The summed E-state index contributed by atoms with van der Waals surface area (Å²) in [5, 5.41) is 11.0. The molecule has 3 aliphatic rings. The molecule has 2 unspecified atom stereocenters. The van der Waals surface area contributed by atoms with Crippen molar-refractivity contribution in [3.8, 4) is 0 Å². The van der Waals surface area contributed by atoms with Crippen molar-refractivity contribution in [1.29, 1.82) is 0 Å². The minimum Gasteiger partial charge on any atom is -0.512 e. The number of allylic oxidation sites excluding steroid dienone is 2. The standard InChI is InChI=1S/C23H28N2O3/c1-3-16-13-19-18(17-7-5-4-6-8-17)14-21(26)28-23(19)20(22(16)27)15-25-11-9-24(2)10-12-25/h4-8,13-14,20,23,27H,3,9-12,15H2,1-2H3. The summed E-state index contributed by atoms with van der Waals surface area (Å²) in [7, 11) is 2.13. The summed E-state index contributed by atoms with van der Waals surface area (Å²) in [5.41, 5.74) is 3.85. The number of piperazine rings is 1. The molecular weight excluding hydrogens is 352 g/mol.